The van der Waals surface area contributed by atoms with E-state index in [1.165, 1.54) is 0 Å². The summed E-state index contributed by atoms with van der Waals surface area (Å²) >= 11 is 0. The van der Waals surface area contributed by atoms with Gasteiger partial charge in [-0.25, -0.2) is 4.79 Å². The Kier molecular flexibility index (Phi) is 4.90. The summed E-state index contributed by atoms with van der Waals surface area (Å²) in [4.78, 5) is 17.8. The van der Waals surface area contributed by atoms with Gasteiger partial charge in [-0.2, -0.15) is 0 Å². The Morgan fingerprint density at radius 1 is 1.24 bits per heavy atom. The molecule has 0 atom stereocenters. The lowest BCUT2D eigenvalue weighted by atomic mass is 10.0. The van der Waals surface area contributed by atoms with Gasteiger partial charge in [0.1, 0.15) is 0 Å². The molecule has 0 aliphatic heterocycles. The lowest BCUT2D eigenvalue weighted by Crippen LogP contribution is -2.24. The standard InChI is InChI=1S/C16H19N3O2/c1-2-19(11-13-7-3-4-9-18-13)10-12-6-5-8-14(17)15(12)16(20)21/h3-9H,2,10-11,17H2,1H3,(H,20,21). The van der Waals surface area contributed by atoms with Gasteiger partial charge in [0.2, 0.25) is 0 Å². The number of benzene rings is 1. The van der Waals surface area contributed by atoms with E-state index >= 15 is 0 Å². The maximum absolute atomic E-state index is 11.4. The third-order valence-electron chi connectivity index (χ3n) is 3.35. The molecule has 1 aromatic heterocycles. The van der Waals surface area contributed by atoms with Crippen molar-refractivity contribution in [3.63, 3.8) is 0 Å². The molecular formula is C16H19N3O2. The van der Waals surface area contributed by atoms with Crippen LogP contribution >= 0.6 is 0 Å². The molecule has 110 valence electrons. The summed E-state index contributed by atoms with van der Waals surface area (Å²) in [5.74, 6) is -0.989. The fourth-order valence-electron chi connectivity index (χ4n) is 2.25. The van der Waals surface area contributed by atoms with Crippen molar-refractivity contribution >= 4 is 11.7 Å². The Bertz CT molecular complexity index is 614. The number of nitrogens with two attached hydrogens (primary N) is 1. The molecule has 1 aromatic carbocycles. The number of aromatic nitrogens is 1. The number of carboxylic acid groups (broad SMARTS) is 1. The van der Waals surface area contributed by atoms with Gasteiger partial charge in [0.05, 0.1) is 11.3 Å². The van der Waals surface area contributed by atoms with Crippen molar-refractivity contribution in [2.45, 2.75) is 20.0 Å². The van der Waals surface area contributed by atoms with E-state index in [1.807, 2.05) is 25.1 Å². The van der Waals surface area contributed by atoms with Crippen LogP contribution in [0.3, 0.4) is 0 Å². The number of aromatic carboxylic acids is 1. The number of hydrogen-bond donors (Lipinski definition) is 2. The molecule has 0 aliphatic rings. The Hall–Kier alpha value is -2.40. The minimum absolute atomic E-state index is 0.192. The van der Waals surface area contributed by atoms with Gasteiger partial charge in [-0.15, -0.1) is 0 Å². The monoisotopic (exact) mass is 285 g/mol. The molecule has 0 saturated carbocycles. The van der Waals surface area contributed by atoms with Gasteiger partial charge < -0.3 is 10.8 Å². The minimum Gasteiger partial charge on any atom is -0.478 e. The Morgan fingerprint density at radius 3 is 2.67 bits per heavy atom. The molecule has 21 heavy (non-hydrogen) atoms. The summed E-state index contributed by atoms with van der Waals surface area (Å²) in [5, 5.41) is 9.31. The predicted octanol–water partition coefficient (Wildman–Crippen LogP) is 2.38. The van der Waals surface area contributed by atoms with E-state index in [1.54, 1.807) is 24.4 Å². The number of hydrogen-bond acceptors (Lipinski definition) is 4. The van der Waals surface area contributed by atoms with E-state index in [2.05, 4.69) is 9.88 Å². The molecule has 0 spiro atoms. The molecular weight excluding hydrogens is 266 g/mol. The highest BCUT2D eigenvalue weighted by atomic mass is 16.4. The van der Waals surface area contributed by atoms with Crippen LogP contribution in [0.1, 0.15) is 28.5 Å². The van der Waals surface area contributed by atoms with Gasteiger partial charge in [-0.3, -0.25) is 9.88 Å². The first-order chi connectivity index (χ1) is 10.1. The average molecular weight is 285 g/mol. The van der Waals surface area contributed by atoms with E-state index in [0.29, 0.717) is 18.8 Å². The number of carboxylic acids is 1. The molecule has 0 unspecified atom stereocenters. The minimum atomic E-state index is -0.989. The largest absolute Gasteiger partial charge is 0.478 e. The van der Waals surface area contributed by atoms with Crippen LogP contribution in [-0.4, -0.2) is 27.5 Å². The molecule has 5 nitrogen and oxygen atoms in total. The topological polar surface area (TPSA) is 79.5 Å². The summed E-state index contributed by atoms with van der Waals surface area (Å²) < 4.78 is 0. The number of carbonyl (C=O) groups is 1. The van der Waals surface area contributed by atoms with Crippen LogP contribution in [0, 0.1) is 0 Å². The van der Waals surface area contributed by atoms with Gasteiger partial charge in [0.25, 0.3) is 0 Å². The lowest BCUT2D eigenvalue weighted by Gasteiger charge is -2.21. The van der Waals surface area contributed by atoms with Crippen LogP contribution in [0.25, 0.3) is 0 Å². The first-order valence-corrected chi connectivity index (χ1v) is 6.84. The molecule has 5 heteroatoms. The SMILES string of the molecule is CCN(Cc1ccccn1)Cc1cccc(N)c1C(=O)O. The fourth-order valence-corrected chi connectivity index (χ4v) is 2.25. The van der Waals surface area contributed by atoms with Gasteiger partial charge in [-0.05, 0) is 30.3 Å². The van der Waals surface area contributed by atoms with E-state index in [-0.39, 0.29) is 5.56 Å². The number of nitrogen functional groups attached to an aromatic ring is 1. The van der Waals surface area contributed by atoms with Crippen LogP contribution in [0.2, 0.25) is 0 Å². The van der Waals surface area contributed by atoms with Crippen molar-refractivity contribution in [3.8, 4) is 0 Å². The van der Waals surface area contributed by atoms with Gasteiger partial charge >= 0.3 is 5.97 Å². The number of pyridine rings is 1. The number of anilines is 1. The third kappa shape index (κ3) is 3.79. The van der Waals surface area contributed by atoms with Crippen molar-refractivity contribution in [2.75, 3.05) is 12.3 Å². The second-order valence-corrected chi connectivity index (χ2v) is 4.81. The normalized spacial score (nSPS) is 10.8. The van der Waals surface area contributed by atoms with E-state index in [4.69, 9.17) is 5.73 Å². The Labute approximate surface area is 124 Å². The van der Waals surface area contributed by atoms with Gasteiger partial charge in [0.15, 0.2) is 0 Å². The molecule has 2 aromatic rings. The molecule has 0 bridgehead atoms. The zero-order chi connectivity index (χ0) is 15.2. The van der Waals surface area contributed by atoms with Crippen molar-refractivity contribution in [1.29, 1.82) is 0 Å². The van der Waals surface area contributed by atoms with Gasteiger partial charge in [-0.1, -0.05) is 25.1 Å². The highest BCUT2D eigenvalue weighted by molar-refractivity contribution is 5.95. The summed E-state index contributed by atoms with van der Waals surface area (Å²) in [6.07, 6.45) is 1.76. The summed E-state index contributed by atoms with van der Waals surface area (Å²) in [6.45, 7) is 4.03. The van der Waals surface area contributed by atoms with Crippen LogP contribution in [-0.2, 0) is 13.1 Å². The van der Waals surface area contributed by atoms with E-state index in [0.717, 1.165) is 17.8 Å². The van der Waals surface area contributed by atoms with Gasteiger partial charge in [0, 0.05) is 25.0 Å². The number of nitrogens with zero attached hydrogens (tertiary/aromatic N) is 2. The van der Waals surface area contributed by atoms with Crippen molar-refractivity contribution < 1.29 is 9.90 Å². The highest BCUT2D eigenvalue weighted by Crippen LogP contribution is 2.19. The second kappa shape index (κ2) is 6.85. The van der Waals surface area contributed by atoms with E-state index < -0.39 is 5.97 Å². The summed E-state index contributed by atoms with van der Waals surface area (Å²) in [7, 11) is 0. The van der Waals surface area contributed by atoms with Crippen molar-refractivity contribution in [3.05, 3.63) is 59.4 Å². The fraction of sp³-hybridized carbons (Fsp3) is 0.250. The first kappa shape index (κ1) is 15.0. The molecule has 0 aliphatic carbocycles. The predicted molar refractivity (Wildman–Crippen MR) is 81.8 cm³/mol. The zero-order valence-corrected chi connectivity index (χ0v) is 12.0. The summed E-state index contributed by atoms with van der Waals surface area (Å²) in [6, 6.07) is 11.0. The number of rotatable bonds is 6. The smallest absolute Gasteiger partial charge is 0.338 e. The molecule has 0 radical (unpaired) electrons. The molecule has 2 rings (SSSR count). The molecule has 3 N–H and O–H groups in total. The zero-order valence-electron chi connectivity index (χ0n) is 12.0. The van der Waals surface area contributed by atoms with E-state index in [9.17, 15) is 9.90 Å². The highest BCUT2D eigenvalue weighted by Gasteiger charge is 2.16. The van der Waals surface area contributed by atoms with Crippen LogP contribution in [0.5, 0.6) is 0 Å². The molecule has 0 amide bonds. The quantitative estimate of drug-likeness (QED) is 0.797. The molecule has 1 heterocycles. The van der Waals surface area contributed by atoms with Crippen molar-refractivity contribution in [1.82, 2.24) is 9.88 Å². The van der Waals surface area contributed by atoms with Crippen molar-refractivity contribution in [2.24, 2.45) is 0 Å². The third-order valence-corrected chi connectivity index (χ3v) is 3.35. The maximum Gasteiger partial charge on any atom is 0.338 e. The Balaban J connectivity index is 2.19. The second-order valence-electron chi connectivity index (χ2n) is 4.81. The van der Waals surface area contributed by atoms with Crippen LogP contribution in [0.4, 0.5) is 5.69 Å². The lowest BCUT2D eigenvalue weighted by molar-refractivity contribution is 0.0695. The Morgan fingerprint density at radius 2 is 2.05 bits per heavy atom. The van der Waals surface area contributed by atoms with Crippen LogP contribution in [0.15, 0.2) is 42.6 Å². The maximum atomic E-state index is 11.4. The molecule has 0 saturated heterocycles. The first-order valence-electron chi connectivity index (χ1n) is 6.84. The average Bonchev–Trinajstić information content (AvgIpc) is 2.47. The molecule has 0 fully saturated rings. The summed E-state index contributed by atoms with van der Waals surface area (Å²) in [5.41, 5.74) is 7.95. The van der Waals surface area contributed by atoms with Crippen LogP contribution < -0.4 is 5.73 Å².